The molecule has 0 spiro atoms. The van der Waals surface area contributed by atoms with Crippen LogP contribution in [0.25, 0.3) is 0 Å². The van der Waals surface area contributed by atoms with Gasteiger partial charge in [0.1, 0.15) is 21.0 Å². The Kier molecular flexibility index (Phi) is 3.76. The highest BCUT2D eigenvalue weighted by Crippen LogP contribution is 2.13. The van der Waals surface area contributed by atoms with Gasteiger partial charge in [0.05, 0.1) is 0 Å². The Morgan fingerprint density at radius 1 is 1.14 bits per heavy atom. The van der Waals surface area contributed by atoms with E-state index < -0.39 is 7.18 Å². The molecular weight excluding hydrogens is 187 g/mol. The third-order valence-corrected chi connectivity index (χ3v) is 9.83. The van der Waals surface area contributed by atoms with Crippen LogP contribution in [0.4, 0.5) is 0 Å². The van der Waals surface area contributed by atoms with Crippen LogP contribution >= 0.6 is 22.2 Å². The molecular formula is H6Cl2O2Si3. The summed E-state index contributed by atoms with van der Waals surface area (Å²) in [6.45, 7) is 0. The highest BCUT2D eigenvalue weighted by molar-refractivity contribution is 7.40. The summed E-state index contributed by atoms with van der Waals surface area (Å²) in [5.41, 5.74) is 0. The fraction of sp³-hybridized carbons (Fsp3) is 0. The van der Waals surface area contributed by atoms with Gasteiger partial charge in [0.2, 0.25) is 0 Å². The van der Waals surface area contributed by atoms with Crippen LogP contribution in [0.1, 0.15) is 0 Å². The van der Waals surface area contributed by atoms with Gasteiger partial charge in [0, 0.05) is 0 Å². The second kappa shape index (κ2) is 3.23. The summed E-state index contributed by atoms with van der Waals surface area (Å²) in [5.74, 6) is 0. The maximum absolute atomic E-state index is 5.43. The van der Waals surface area contributed by atoms with Crippen LogP contribution in [-0.2, 0) is 8.23 Å². The molecule has 7 heteroatoms. The van der Waals surface area contributed by atoms with Gasteiger partial charge in [-0.05, 0) is 0 Å². The minimum absolute atomic E-state index is 0.552. The van der Waals surface area contributed by atoms with Crippen molar-refractivity contribution in [3.05, 3.63) is 0 Å². The number of hydrogen-bond acceptors (Lipinski definition) is 2. The minimum atomic E-state index is -2.58. The molecule has 0 unspecified atom stereocenters. The van der Waals surface area contributed by atoms with E-state index in [0.29, 0.717) is 21.0 Å². The topological polar surface area (TPSA) is 18.5 Å². The van der Waals surface area contributed by atoms with Crippen LogP contribution in [0.2, 0.25) is 0 Å². The Balaban J connectivity index is 3.36. The van der Waals surface area contributed by atoms with Gasteiger partial charge in [-0.25, -0.2) is 0 Å². The Labute approximate surface area is 58.8 Å². The van der Waals surface area contributed by atoms with Gasteiger partial charge in [-0.3, -0.25) is 0 Å². The number of hydrogen-bond donors (Lipinski definition) is 0. The van der Waals surface area contributed by atoms with E-state index >= 15 is 0 Å². The predicted molar refractivity (Wildman–Crippen MR) is 39.5 cm³/mol. The minimum Gasteiger partial charge on any atom is -0.423 e. The molecule has 7 heavy (non-hydrogen) atoms. The van der Waals surface area contributed by atoms with E-state index in [2.05, 4.69) is 0 Å². The molecule has 0 saturated carbocycles. The van der Waals surface area contributed by atoms with E-state index in [1.807, 2.05) is 0 Å². The van der Waals surface area contributed by atoms with Crippen LogP contribution in [0, 0.1) is 0 Å². The van der Waals surface area contributed by atoms with Crippen molar-refractivity contribution in [3.8, 4) is 0 Å². The predicted octanol–water partition coefficient (Wildman–Crippen LogP) is -1.51. The van der Waals surface area contributed by atoms with E-state index in [9.17, 15) is 0 Å². The molecule has 0 fully saturated rings. The first-order chi connectivity index (χ1) is 3.12. The fourth-order valence-electron chi connectivity index (χ4n) is 0.0833. The van der Waals surface area contributed by atoms with E-state index in [1.54, 1.807) is 0 Å². The summed E-state index contributed by atoms with van der Waals surface area (Å²) < 4.78 is 9.42. The molecule has 0 aliphatic carbocycles. The molecule has 0 bridgehead atoms. The van der Waals surface area contributed by atoms with Crippen LogP contribution in [0.5, 0.6) is 0 Å². The summed E-state index contributed by atoms with van der Waals surface area (Å²) >= 11 is 10.9. The average Bonchev–Trinajstić information content (AvgIpc) is 1.68. The van der Waals surface area contributed by atoms with Crippen molar-refractivity contribution in [1.82, 2.24) is 0 Å². The van der Waals surface area contributed by atoms with Gasteiger partial charge >= 0.3 is 7.18 Å². The zero-order valence-electron chi connectivity index (χ0n) is 4.07. The normalized spacial score (nSPS) is 12.9. The summed E-state index contributed by atoms with van der Waals surface area (Å²) in [6.07, 6.45) is 0. The molecule has 0 heterocycles. The lowest BCUT2D eigenvalue weighted by Gasteiger charge is -2.10. The van der Waals surface area contributed by atoms with Crippen molar-refractivity contribution in [1.29, 1.82) is 0 Å². The second-order valence-electron chi connectivity index (χ2n) is 0.872. The van der Waals surface area contributed by atoms with Gasteiger partial charge in [-0.1, -0.05) is 22.2 Å². The van der Waals surface area contributed by atoms with Crippen molar-refractivity contribution in [2.75, 3.05) is 0 Å². The first-order valence-corrected chi connectivity index (χ1v) is 7.08. The maximum Gasteiger partial charge on any atom is 0.529 e. The second-order valence-corrected chi connectivity index (χ2v) is 8.63. The Hall–Kier alpha value is 1.15. The van der Waals surface area contributed by atoms with E-state index in [0.717, 1.165) is 0 Å². The third kappa shape index (κ3) is 3.71. The highest BCUT2D eigenvalue weighted by atomic mass is 35.7. The molecule has 0 aromatic heterocycles. The Morgan fingerprint density at radius 3 is 1.43 bits per heavy atom. The molecule has 0 saturated heterocycles. The molecule has 0 atom stereocenters. The average molecular weight is 193 g/mol. The van der Waals surface area contributed by atoms with Crippen LogP contribution in [0.3, 0.4) is 0 Å². The summed E-state index contributed by atoms with van der Waals surface area (Å²) in [5, 5.41) is 0. The van der Waals surface area contributed by atoms with E-state index in [-0.39, 0.29) is 0 Å². The summed E-state index contributed by atoms with van der Waals surface area (Å²) in [4.78, 5) is 0. The lowest BCUT2D eigenvalue weighted by molar-refractivity contribution is 0.487. The molecule has 0 aliphatic rings. The molecule has 44 valence electrons. The molecule has 0 aromatic rings. The quantitative estimate of drug-likeness (QED) is 0.392. The molecule has 0 rings (SSSR count). The third-order valence-electron chi connectivity index (χ3n) is 0.475. The lowest BCUT2D eigenvalue weighted by Crippen LogP contribution is -2.26. The molecule has 0 radical (unpaired) electrons. The van der Waals surface area contributed by atoms with Gasteiger partial charge in [-0.15, -0.1) is 0 Å². The monoisotopic (exact) mass is 192 g/mol. The molecule has 0 aromatic carbocycles. The number of rotatable bonds is 2. The zero-order chi connectivity index (χ0) is 5.91. The summed E-state index contributed by atoms with van der Waals surface area (Å²) in [7, 11) is -1.48. The Morgan fingerprint density at radius 2 is 1.43 bits per heavy atom. The SMILES string of the molecule is [SiH3]O[Si](Cl)(Cl)O[SiH3]. The molecule has 0 aliphatic heterocycles. The van der Waals surface area contributed by atoms with Crippen LogP contribution in [-0.4, -0.2) is 28.2 Å². The largest absolute Gasteiger partial charge is 0.529 e. The Bertz CT molecular complexity index is 48.9. The van der Waals surface area contributed by atoms with Crippen molar-refractivity contribution in [2.45, 2.75) is 0 Å². The maximum atomic E-state index is 5.43. The van der Waals surface area contributed by atoms with E-state index in [1.165, 1.54) is 0 Å². The number of halogens is 2. The van der Waals surface area contributed by atoms with Gasteiger partial charge < -0.3 is 8.23 Å². The van der Waals surface area contributed by atoms with E-state index in [4.69, 9.17) is 30.4 Å². The highest BCUT2D eigenvalue weighted by Gasteiger charge is 2.28. The summed E-state index contributed by atoms with van der Waals surface area (Å²) in [6, 6.07) is 0. The molecule has 0 N–H and O–H groups in total. The molecule has 2 nitrogen and oxygen atoms in total. The van der Waals surface area contributed by atoms with Crippen molar-refractivity contribution in [2.24, 2.45) is 0 Å². The van der Waals surface area contributed by atoms with Crippen LogP contribution in [0.15, 0.2) is 0 Å². The van der Waals surface area contributed by atoms with Crippen molar-refractivity contribution in [3.63, 3.8) is 0 Å². The molecule has 0 amide bonds. The van der Waals surface area contributed by atoms with Crippen LogP contribution < -0.4 is 0 Å². The van der Waals surface area contributed by atoms with Crippen molar-refractivity contribution >= 4 is 50.3 Å². The smallest absolute Gasteiger partial charge is 0.423 e. The van der Waals surface area contributed by atoms with Gasteiger partial charge in [0.25, 0.3) is 0 Å². The standard InChI is InChI=1S/Cl2H6O2Si3/c1-7(2,3-5)4-6/h5-6H3. The lowest BCUT2D eigenvalue weighted by atomic mass is 15.8. The van der Waals surface area contributed by atoms with Crippen molar-refractivity contribution < 1.29 is 8.23 Å². The fourth-order valence-corrected chi connectivity index (χ4v) is 2.25. The van der Waals surface area contributed by atoms with Gasteiger partial charge in [-0.2, -0.15) is 0 Å². The first-order valence-electron chi connectivity index (χ1n) is 1.60. The zero-order valence-corrected chi connectivity index (χ0v) is 10.6. The van der Waals surface area contributed by atoms with Gasteiger partial charge in [0.15, 0.2) is 0 Å². The first kappa shape index (κ1) is 8.15.